The average molecular weight is 236 g/mol. The third-order valence-electron chi connectivity index (χ3n) is 2.52. The van der Waals surface area contributed by atoms with E-state index in [1.165, 1.54) is 0 Å². The average Bonchev–Trinajstić information content (AvgIpc) is 2.35. The van der Waals surface area contributed by atoms with Gasteiger partial charge in [0, 0.05) is 13.2 Å². The Morgan fingerprint density at radius 3 is 2.65 bits per heavy atom. The van der Waals surface area contributed by atoms with Crippen molar-refractivity contribution in [1.29, 1.82) is 0 Å². The Morgan fingerprint density at radius 1 is 1.29 bits per heavy atom. The summed E-state index contributed by atoms with van der Waals surface area (Å²) in [4.78, 5) is 11.6. The summed E-state index contributed by atoms with van der Waals surface area (Å²) >= 11 is 0. The van der Waals surface area contributed by atoms with Crippen molar-refractivity contribution in [1.82, 2.24) is 5.32 Å². The quantitative estimate of drug-likeness (QED) is 0.601. The lowest BCUT2D eigenvalue weighted by molar-refractivity contribution is -0.122. The SMILES string of the molecule is N[C@@H](Cc1ccccc1)C(=O)NCCCCO. The predicted octanol–water partition coefficient (Wildman–Crippen LogP) is 0.445. The lowest BCUT2D eigenvalue weighted by Crippen LogP contribution is -2.42. The van der Waals surface area contributed by atoms with Gasteiger partial charge in [0.1, 0.15) is 0 Å². The standard InChI is InChI=1S/C13H20N2O2/c14-12(10-11-6-2-1-3-7-11)13(17)15-8-4-5-9-16/h1-3,6-7,12,16H,4-5,8-10,14H2,(H,15,17)/t12-/m0/s1. The zero-order valence-electron chi connectivity index (χ0n) is 9.93. The molecule has 0 spiro atoms. The molecule has 1 atom stereocenters. The zero-order chi connectivity index (χ0) is 12.5. The first kappa shape index (κ1) is 13.7. The monoisotopic (exact) mass is 236 g/mol. The molecule has 0 aliphatic rings. The molecule has 1 amide bonds. The van der Waals surface area contributed by atoms with E-state index in [1.54, 1.807) is 0 Å². The predicted molar refractivity (Wildman–Crippen MR) is 67.5 cm³/mol. The molecule has 0 unspecified atom stereocenters. The van der Waals surface area contributed by atoms with Crippen LogP contribution in [0.5, 0.6) is 0 Å². The highest BCUT2D eigenvalue weighted by molar-refractivity contribution is 5.81. The maximum Gasteiger partial charge on any atom is 0.237 e. The molecule has 17 heavy (non-hydrogen) atoms. The fourth-order valence-electron chi connectivity index (χ4n) is 1.54. The molecular formula is C13H20N2O2. The molecule has 4 N–H and O–H groups in total. The molecule has 0 heterocycles. The van der Waals surface area contributed by atoms with Crippen LogP contribution in [0.3, 0.4) is 0 Å². The van der Waals surface area contributed by atoms with E-state index in [1.807, 2.05) is 30.3 Å². The van der Waals surface area contributed by atoms with Gasteiger partial charge >= 0.3 is 0 Å². The molecule has 0 aromatic heterocycles. The minimum atomic E-state index is -0.508. The summed E-state index contributed by atoms with van der Waals surface area (Å²) in [6, 6.07) is 9.20. The van der Waals surface area contributed by atoms with Crippen molar-refractivity contribution in [2.75, 3.05) is 13.2 Å². The van der Waals surface area contributed by atoms with Crippen molar-refractivity contribution in [2.45, 2.75) is 25.3 Å². The van der Waals surface area contributed by atoms with Gasteiger partial charge in [-0.1, -0.05) is 30.3 Å². The van der Waals surface area contributed by atoms with Gasteiger partial charge in [0.25, 0.3) is 0 Å². The Morgan fingerprint density at radius 2 is 2.00 bits per heavy atom. The molecule has 0 aliphatic heterocycles. The van der Waals surface area contributed by atoms with Gasteiger partial charge in [-0.15, -0.1) is 0 Å². The lowest BCUT2D eigenvalue weighted by Gasteiger charge is -2.12. The number of carbonyl (C=O) groups is 1. The maximum atomic E-state index is 11.6. The van der Waals surface area contributed by atoms with E-state index in [-0.39, 0.29) is 12.5 Å². The summed E-state index contributed by atoms with van der Waals surface area (Å²) in [5.41, 5.74) is 6.86. The number of unbranched alkanes of at least 4 members (excludes halogenated alkanes) is 1. The Balaban J connectivity index is 2.27. The van der Waals surface area contributed by atoms with Gasteiger partial charge in [0.05, 0.1) is 6.04 Å². The van der Waals surface area contributed by atoms with Crippen molar-refractivity contribution in [3.05, 3.63) is 35.9 Å². The minimum absolute atomic E-state index is 0.133. The van der Waals surface area contributed by atoms with E-state index in [2.05, 4.69) is 5.32 Å². The minimum Gasteiger partial charge on any atom is -0.396 e. The summed E-state index contributed by atoms with van der Waals surface area (Å²) in [7, 11) is 0. The van der Waals surface area contributed by atoms with Gasteiger partial charge in [-0.05, 0) is 24.8 Å². The van der Waals surface area contributed by atoms with Crippen LogP contribution >= 0.6 is 0 Å². The largest absolute Gasteiger partial charge is 0.396 e. The number of carbonyl (C=O) groups excluding carboxylic acids is 1. The van der Waals surface area contributed by atoms with Crippen LogP contribution in [0.1, 0.15) is 18.4 Å². The number of hydrogen-bond donors (Lipinski definition) is 3. The maximum absolute atomic E-state index is 11.6. The summed E-state index contributed by atoms with van der Waals surface area (Å²) in [5, 5.41) is 11.4. The molecule has 1 rings (SSSR count). The first-order chi connectivity index (χ1) is 8.24. The molecule has 0 aliphatic carbocycles. The van der Waals surface area contributed by atoms with E-state index in [0.717, 1.165) is 12.0 Å². The van der Waals surface area contributed by atoms with Crippen LogP contribution in [-0.2, 0) is 11.2 Å². The van der Waals surface area contributed by atoms with Gasteiger partial charge in [-0.2, -0.15) is 0 Å². The van der Waals surface area contributed by atoms with Gasteiger partial charge < -0.3 is 16.2 Å². The molecule has 0 radical (unpaired) electrons. The van der Waals surface area contributed by atoms with Gasteiger partial charge in [0.15, 0.2) is 0 Å². The van der Waals surface area contributed by atoms with Crippen LogP contribution in [0.2, 0.25) is 0 Å². The first-order valence-electron chi connectivity index (χ1n) is 5.92. The Kier molecular flexibility index (Phi) is 6.29. The van der Waals surface area contributed by atoms with Crippen LogP contribution in [0.25, 0.3) is 0 Å². The van der Waals surface area contributed by atoms with Crippen molar-refractivity contribution in [2.24, 2.45) is 5.73 Å². The highest BCUT2D eigenvalue weighted by atomic mass is 16.2. The molecule has 0 saturated carbocycles. The molecular weight excluding hydrogens is 216 g/mol. The molecule has 1 aromatic rings. The van der Waals surface area contributed by atoms with Gasteiger partial charge in [-0.3, -0.25) is 4.79 Å². The van der Waals surface area contributed by atoms with Crippen molar-refractivity contribution in [3.63, 3.8) is 0 Å². The molecule has 4 heteroatoms. The number of aliphatic hydroxyl groups excluding tert-OH is 1. The zero-order valence-corrected chi connectivity index (χ0v) is 9.93. The van der Waals surface area contributed by atoms with Crippen LogP contribution < -0.4 is 11.1 Å². The van der Waals surface area contributed by atoms with Crippen LogP contribution in [0.15, 0.2) is 30.3 Å². The second-order valence-electron chi connectivity index (χ2n) is 4.02. The van der Waals surface area contributed by atoms with E-state index < -0.39 is 6.04 Å². The number of benzene rings is 1. The number of rotatable bonds is 7. The van der Waals surface area contributed by atoms with E-state index >= 15 is 0 Å². The third kappa shape index (κ3) is 5.47. The second-order valence-corrected chi connectivity index (χ2v) is 4.02. The topological polar surface area (TPSA) is 75.4 Å². The molecule has 0 saturated heterocycles. The molecule has 4 nitrogen and oxygen atoms in total. The summed E-state index contributed by atoms with van der Waals surface area (Å²) in [6.07, 6.45) is 2.03. The van der Waals surface area contributed by atoms with E-state index in [9.17, 15) is 4.79 Å². The molecule has 0 bridgehead atoms. The second kappa shape index (κ2) is 7.81. The van der Waals surface area contributed by atoms with Crippen LogP contribution in [0.4, 0.5) is 0 Å². The highest BCUT2D eigenvalue weighted by Gasteiger charge is 2.12. The lowest BCUT2D eigenvalue weighted by atomic mass is 10.1. The highest BCUT2D eigenvalue weighted by Crippen LogP contribution is 2.01. The Bertz CT molecular complexity index is 327. The fourth-order valence-corrected chi connectivity index (χ4v) is 1.54. The first-order valence-corrected chi connectivity index (χ1v) is 5.92. The smallest absolute Gasteiger partial charge is 0.237 e. The van der Waals surface area contributed by atoms with Crippen LogP contribution in [0, 0.1) is 0 Å². The molecule has 0 fully saturated rings. The Hall–Kier alpha value is -1.39. The fraction of sp³-hybridized carbons (Fsp3) is 0.462. The van der Waals surface area contributed by atoms with Crippen LogP contribution in [-0.4, -0.2) is 30.2 Å². The van der Waals surface area contributed by atoms with Crippen molar-refractivity contribution < 1.29 is 9.90 Å². The number of aliphatic hydroxyl groups is 1. The number of nitrogens with one attached hydrogen (secondary N) is 1. The number of amides is 1. The molecule has 94 valence electrons. The van der Waals surface area contributed by atoms with E-state index in [0.29, 0.717) is 19.4 Å². The van der Waals surface area contributed by atoms with Crippen molar-refractivity contribution in [3.8, 4) is 0 Å². The Labute approximate surface area is 102 Å². The normalized spacial score (nSPS) is 12.1. The third-order valence-corrected chi connectivity index (χ3v) is 2.52. The number of hydrogen-bond acceptors (Lipinski definition) is 3. The molecule has 1 aromatic carbocycles. The summed E-state index contributed by atoms with van der Waals surface area (Å²) < 4.78 is 0. The number of nitrogens with two attached hydrogens (primary N) is 1. The van der Waals surface area contributed by atoms with Crippen molar-refractivity contribution >= 4 is 5.91 Å². The summed E-state index contributed by atoms with van der Waals surface area (Å²) in [5.74, 6) is -0.133. The van der Waals surface area contributed by atoms with Gasteiger partial charge in [-0.25, -0.2) is 0 Å². The van der Waals surface area contributed by atoms with E-state index in [4.69, 9.17) is 10.8 Å². The summed E-state index contributed by atoms with van der Waals surface area (Å²) in [6.45, 7) is 0.730. The van der Waals surface area contributed by atoms with Gasteiger partial charge in [0.2, 0.25) is 5.91 Å².